The standard InChI is InChI=1S/C21H34N2O2/c24-18-21(23-15-5-2-6-16-23)19-8-10-20(11-9-19)25-17-7-14-22-12-3-1-4-13-22/h8-11,21,24H,1-7,12-18H2/t21-/m1/s1. The second-order valence-electron chi connectivity index (χ2n) is 7.47. The van der Waals surface area contributed by atoms with Crippen LogP contribution < -0.4 is 4.74 Å². The summed E-state index contributed by atoms with van der Waals surface area (Å²) in [6.07, 6.45) is 9.00. The molecule has 1 N–H and O–H groups in total. The molecule has 4 heteroatoms. The minimum absolute atomic E-state index is 0.133. The average molecular weight is 347 g/mol. The van der Waals surface area contributed by atoms with Gasteiger partial charge in [-0.15, -0.1) is 0 Å². The van der Waals surface area contributed by atoms with Crippen molar-refractivity contribution in [1.29, 1.82) is 0 Å². The van der Waals surface area contributed by atoms with Gasteiger partial charge in [-0.25, -0.2) is 0 Å². The highest BCUT2D eigenvalue weighted by molar-refractivity contribution is 5.29. The number of aliphatic hydroxyl groups excluding tert-OH is 1. The molecule has 140 valence electrons. The Balaban J connectivity index is 1.42. The first-order valence-corrected chi connectivity index (χ1v) is 10.2. The van der Waals surface area contributed by atoms with Gasteiger partial charge in [0.25, 0.3) is 0 Å². The predicted molar refractivity (Wildman–Crippen MR) is 102 cm³/mol. The quantitative estimate of drug-likeness (QED) is 0.731. The van der Waals surface area contributed by atoms with Crippen LogP contribution in [0.3, 0.4) is 0 Å². The second kappa shape index (κ2) is 10.1. The van der Waals surface area contributed by atoms with Crippen LogP contribution in [0.5, 0.6) is 5.75 Å². The summed E-state index contributed by atoms with van der Waals surface area (Å²) < 4.78 is 5.91. The Labute approximate surface area is 152 Å². The molecule has 4 nitrogen and oxygen atoms in total. The molecule has 1 aromatic carbocycles. The van der Waals surface area contributed by atoms with Crippen molar-refractivity contribution in [3.05, 3.63) is 29.8 Å². The van der Waals surface area contributed by atoms with Gasteiger partial charge in [-0.1, -0.05) is 25.0 Å². The first-order chi connectivity index (χ1) is 12.4. The van der Waals surface area contributed by atoms with Gasteiger partial charge in [0.1, 0.15) is 5.75 Å². The largest absolute Gasteiger partial charge is 0.494 e. The van der Waals surface area contributed by atoms with Gasteiger partial charge in [-0.05, 0) is 76.0 Å². The fourth-order valence-corrected chi connectivity index (χ4v) is 4.11. The van der Waals surface area contributed by atoms with Crippen molar-refractivity contribution in [2.45, 2.75) is 51.0 Å². The van der Waals surface area contributed by atoms with Crippen LogP contribution in [0.25, 0.3) is 0 Å². The lowest BCUT2D eigenvalue weighted by molar-refractivity contribution is 0.104. The predicted octanol–water partition coefficient (Wildman–Crippen LogP) is 3.46. The lowest BCUT2D eigenvalue weighted by Gasteiger charge is -2.33. The molecule has 1 atom stereocenters. The molecule has 2 aliphatic heterocycles. The molecule has 1 aromatic rings. The zero-order valence-electron chi connectivity index (χ0n) is 15.5. The third kappa shape index (κ3) is 5.70. The molecule has 0 aromatic heterocycles. The first kappa shape index (κ1) is 18.7. The third-order valence-corrected chi connectivity index (χ3v) is 5.61. The Morgan fingerprint density at radius 3 is 2.16 bits per heavy atom. The highest BCUT2D eigenvalue weighted by Gasteiger charge is 2.21. The zero-order valence-corrected chi connectivity index (χ0v) is 15.5. The average Bonchev–Trinajstić information content (AvgIpc) is 2.69. The number of nitrogens with zero attached hydrogens (tertiary/aromatic N) is 2. The Bertz CT molecular complexity index is 479. The number of piperidine rings is 2. The van der Waals surface area contributed by atoms with Gasteiger partial charge in [-0.3, -0.25) is 4.90 Å². The molecule has 0 saturated carbocycles. The smallest absolute Gasteiger partial charge is 0.119 e. The summed E-state index contributed by atoms with van der Waals surface area (Å²) in [6.45, 7) is 6.84. The lowest BCUT2D eigenvalue weighted by Crippen LogP contribution is -2.35. The van der Waals surface area contributed by atoms with Crippen LogP contribution >= 0.6 is 0 Å². The van der Waals surface area contributed by atoms with Crippen LogP contribution in [-0.2, 0) is 0 Å². The van der Waals surface area contributed by atoms with Crippen LogP contribution in [0, 0.1) is 0 Å². The number of ether oxygens (including phenoxy) is 1. The molecule has 2 aliphatic rings. The van der Waals surface area contributed by atoms with E-state index in [1.165, 1.54) is 57.2 Å². The van der Waals surface area contributed by atoms with E-state index in [1.54, 1.807) is 0 Å². The van der Waals surface area contributed by atoms with E-state index < -0.39 is 0 Å². The molecule has 0 radical (unpaired) electrons. The summed E-state index contributed by atoms with van der Waals surface area (Å²) in [5.41, 5.74) is 1.20. The van der Waals surface area contributed by atoms with E-state index in [-0.39, 0.29) is 12.6 Å². The summed E-state index contributed by atoms with van der Waals surface area (Å²) in [4.78, 5) is 4.97. The molecule has 0 aliphatic carbocycles. The Morgan fingerprint density at radius 2 is 1.52 bits per heavy atom. The maximum atomic E-state index is 9.82. The molecule has 0 amide bonds. The Morgan fingerprint density at radius 1 is 0.880 bits per heavy atom. The Kier molecular flexibility index (Phi) is 7.58. The van der Waals surface area contributed by atoms with Crippen molar-refractivity contribution in [3.63, 3.8) is 0 Å². The summed E-state index contributed by atoms with van der Waals surface area (Å²) in [5.74, 6) is 0.942. The van der Waals surface area contributed by atoms with Crippen molar-refractivity contribution >= 4 is 0 Å². The van der Waals surface area contributed by atoms with E-state index in [2.05, 4.69) is 34.1 Å². The SMILES string of the molecule is OC[C@H](c1ccc(OCCCN2CCCCC2)cc1)N1CCCCC1. The van der Waals surface area contributed by atoms with Crippen molar-refractivity contribution in [3.8, 4) is 5.75 Å². The molecular formula is C21H34N2O2. The second-order valence-corrected chi connectivity index (χ2v) is 7.47. The summed E-state index contributed by atoms with van der Waals surface area (Å²) in [7, 11) is 0. The maximum Gasteiger partial charge on any atom is 0.119 e. The summed E-state index contributed by atoms with van der Waals surface area (Å²) in [6, 6.07) is 8.49. The van der Waals surface area contributed by atoms with Crippen LogP contribution in [-0.4, -0.2) is 60.8 Å². The minimum Gasteiger partial charge on any atom is -0.494 e. The van der Waals surface area contributed by atoms with E-state index in [9.17, 15) is 5.11 Å². The molecule has 25 heavy (non-hydrogen) atoms. The number of benzene rings is 1. The number of hydrogen-bond donors (Lipinski definition) is 1. The van der Waals surface area contributed by atoms with Crippen LogP contribution in [0.15, 0.2) is 24.3 Å². The minimum atomic E-state index is 0.133. The fourth-order valence-electron chi connectivity index (χ4n) is 4.11. The molecule has 2 heterocycles. The summed E-state index contributed by atoms with van der Waals surface area (Å²) in [5, 5.41) is 9.82. The van der Waals surface area contributed by atoms with Gasteiger partial charge in [0.2, 0.25) is 0 Å². The highest BCUT2D eigenvalue weighted by atomic mass is 16.5. The highest BCUT2D eigenvalue weighted by Crippen LogP contribution is 2.26. The summed E-state index contributed by atoms with van der Waals surface area (Å²) >= 11 is 0. The van der Waals surface area contributed by atoms with E-state index >= 15 is 0 Å². The van der Waals surface area contributed by atoms with Gasteiger partial charge >= 0.3 is 0 Å². The van der Waals surface area contributed by atoms with E-state index in [0.29, 0.717) is 0 Å². The van der Waals surface area contributed by atoms with Crippen molar-refractivity contribution in [2.24, 2.45) is 0 Å². The molecule has 2 saturated heterocycles. The molecule has 3 rings (SSSR count). The van der Waals surface area contributed by atoms with Crippen LogP contribution in [0.1, 0.15) is 56.6 Å². The fraction of sp³-hybridized carbons (Fsp3) is 0.714. The number of likely N-dealkylation sites (tertiary alicyclic amines) is 2. The molecule has 0 bridgehead atoms. The normalized spacial score (nSPS) is 21.2. The maximum absolute atomic E-state index is 9.82. The van der Waals surface area contributed by atoms with E-state index in [4.69, 9.17) is 4.74 Å². The van der Waals surface area contributed by atoms with Gasteiger partial charge in [0.05, 0.1) is 19.3 Å². The van der Waals surface area contributed by atoms with Crippen molar-refractivity contribution < 1.29 is 9.84 Å². The Hall–Kier alpha value is -1.10. The molecule has 0 unspecified atom stereocenters. The first-order valence-electron chi connectivity index (χ1n) is 10.2. The zero-order chi connectivity index (χ0) is 17.3. The molecule has 0 spiro atoms. The van der Waals surface area contributed by atoms with E-state index in [1.807, 2.05) is 0 Å². The monoisotopic (exact) mass is 346 g/mol. The van der Waals surface area contributed by atoms with Crippen molar-refractivity contribution in [2.75, 3.05) is 45.9 Å². The number of hydrogen-bond acceptors (Lipinski definition) is 4. The van der Waals surface area contributed by atoms with Gasteiger partial charge in [-0.2, -0.15) is 0 Å². The molecule has 2 fully saturated rings. The topological polar surface area (TPSA) is 35.9 Å². The van der Waals surface area contributed by atoms with Gasteiger partial charge in [0.15, 0.2) is 0 Å². The lowest BCUT2D eigenvalue weighted by atomic mass is 10.0. The van der Waals surface area contributed by atoms with Gasteiger partial charge in [0, 0.05) is 6.54 Å². The van der Waals surface area contributed by atoms with Crippen LogP contribution in [0.2, 0.25) is 0 Å². The number of rotatable bonds is 8. The van der Waals surface area contributed by atoms with Crippen molar-refractivity contribution in [1.82, 2.24) is 9.80 Å². The third-order valence-electron chi connectivity index (χ3n) is 5.61. The molecular weight excluding hydrogens is 312 g/mol. The number of aliphatic hydroxyl groups is 1. The van der Waals surface area contributed by atoms with Crippen LogP contribution in [0.4, 0.5) is 0 Å². The van der Waals surface area contributed by atoms with E-state index in [0.717, 1.165) is 38.4 Å². The van der Waals surface area contributed by atoms with Gasteiger partial charge < -0.3 is 14.7 Å².